The zero-order valence-corrected chi connectivity index (χ0v) is 14.5. The first-order chi connectivity index (χ1) is 12.2. The monoisotopic (exact) mass is 341 g/mol. The zero-order valence-electron chi connectivity index (χ0n) is 14.5. The number of aromatic nitrogens is 3. The molecule has 132 valence electrons. The molecule has 2 fully saturated rings. The van der Waals surface area contributed by atoms with Gasteiger partial charge in [0, 0.05) is 38.6 Å². The predicted octanol–water partition coefficient (Wildman–Crippen LogP) is 2.30. The average Bonchev–Trinajstić information content (AvgIpc) is 3.09. The van der Waals surface area contributed by atoms with Crippen LogP contribution >= 0.6 is 0 Å². The van der Waals surface area contributed by atoms with Gasteiger partial charge in [-0.1, -0.05) is 5.16 Å². The number of nitrogens with zero attached hydrogens (tertiary/aromatic N) is 5. The van der Waals surface area contributed by atoms with Gasteiger partial charge in [-0.25, -0.2) is 9.97 Å². The Balaban J connectivity index is 1.42. The summed E-state index contributed by atoms with van der Waals surface area (Å²) >= 11 is 0. The Bertz CT molecular complexity index is 737. The van der Waals surface area contributed by atoms with Crippen LogP contribution in [0.25, 0.3) is 0 Å². The molecule has 0 unspecified atom stereocenters. The molecule has 4 heterocycles. The lowest BCUT2D eigenvalue weighted by Gasteiger charge is -2.47. The SMILES string of the molecule is Cc1nocc1C(=O)N1CCC2(CCCN(c3ncccn3)C2)CC1. The Morgan fingerprint density at radius 1 is 1.16 bits per heavy atom. The molecular formula is C18H23N5O2. The van der Waals surface area contributed by atoms with Gasteiger partial charge in [-0.15, -0.1) is 0 Å². The second-order valence-corrected chi connectivity index (χ2v) is 7.18. The molecule has 0 aromatic carbocycles. The molecule has 2 aliphatic heterocycles. The minimum absolute atomic E-state index is 0.0349. The number of amides is 1. The molecule has 7 nitrogen and oxygen atoms in total. The van der Waals surface area contributed by atoms with E-state index in [4.69, 9.17) is 4.52 Å². The number of carbonyl (C=O) groups is 1. The fourth-order valence-corrected chi connectivity index (χ4v) is 4.09. The quantitative estimate of drug-likeness (QED) is 0.834. The molecule has 2 aromatic heterocycles. The van der Waals surface area contributed by atoms with E-state index in [9.17, 15) is 4.79 Å². The minimum Gasteiger partial charge on any atom is -0.364 e. The number of likely N-dealkylation sites (tertiary alicyclic amines) is 1. The highest BCUT2D eigenvalue weighted by atomic mass is 16.5. The van der Waals surface area contributed by atoms with Crippen LogP contribution in [-0.4, -0.2) is 52.1 Å². The van der Waals surface area contributed by atoms with Crippen LogP contribution in [-0.2, 0) is 0 Å². The van der Waals surface area contributed by atoms with Gasteiger partial charge >= 0.3 is 0 Å². The highest BCUT2D eigenvalue weighted by Crippen LogP contribution is 2.40. The molecular weight excluding hydrogens is 318 g/mol. The summed E-state index contributed by atoms with van der Waals surface area (Å²) in [5.41, 5.74) is 1.51. The molecule has 0 saturated carbocycles. The third kappa shape index (κ3) is 3.10. The van der Waals surface area contributed by atoms with Crippen molar-refractivity contribution < 1.29 is 9.32 Å². The highest BCUT2D eigenvalue weighted by molar-refractivity contribution is 5.94. The van der Waals surface area contributed by atoms with E-state index in [1.54, 1.807) is 19.3 Å². The van der Waals surface area contributed by atoms with Crippen LogP contribution in [0.3, 0.4) is 0 Å². The first-order valence-electron chi connectivity index (χ1n) is 8.89. The van der Waals surface area contributed by atoms with Gasteiger partial charge in [-0.2, -0.15) is 0 Å². The maximum Gasteiger partial charge on any atom is 0.259 e. The number of piperidine rings is 2. The van der Waals surface area contributed by atoms with Gasteiger partial charge in [0.2, 0.25) is 5.95 Å². The van der Waals surface area contributed by atoms with Crippen molar-refractivity contribution in [1.29, 1.82) is 0 Å². The van der Waals surface area contributed by atoms with Gasteiger partial charge in [-0.05, 0) is 44.1 Å². The van der Waals surface area contributed by atoms with Crippen LogP contribution in [0.1, 0.15) is 41.7 Å². The zero-order chi connectivity index (χ0) is 17.3. The standard InChI is InChI=1S/C18H23N5O2/c1-14-15(12-25-21-14)16(24)22-10-5-18(6-11-22)4-2-9-23(13-18)17-19-7-3-8-20-17/h3,7-8,12H,2,4-6,9-11,13H2,1H3. The van der Waals surface area contributed by atoms with Crippen molar-refractivity contribution >= 4 is 11.9 Å². The summed E-state index contributed by atoms with van der Waals surface area (Å²) in [6, 6.07) is 1.85. The largest absolute Gasteiger partial charge is 0.364 e. The first kappa shape index (κ1) is 16.1. The lowest BCUT2D eigenvalue weighted by molar-refractivity contribution is 0.0538. The van der Waals surface area contributed by atoms with Crippen LogP contribution in [0.15, 0.2) is 29.2 Å². The van der Waals surface area contributed by atoms with E-state index in [0.29, 0.717) is 11.3 Å². The van der Waals surface area contributed by atoms with E-state index < -0.39 is 0 Å². The Morgan fingerprint density at radius 3 is 2.60 bits per heavy atom. The van der Waals surface area contributed by atoms with Crippen LogP contribution in [0.2, 0.25) is 0 Å². The first-order valence-corrected chi connectivity index (χ1v) is 8.89. The molecule has 0 atom stereocenters. The lowest BCUT2D eigenvalue weighted by atomic mass is 9.72. The highest BCUT2D eigenvalue weighted by Gasteiger charge is 2.40. The minimum atomic E-state index is 0.0349. The van der Waals surface area contributed by atoms with Crippen LogP contribution in [0, 0.1) is 12.3 Å². The Morgan fingerprint density at radius 2 is 1.92 bits per heavy atom. The Hall–Kier alpha value is -2.44. The van der Waals surface area contributed by atoms with Crippen molar-refractivity contribution in [2.45, 2.75) is 32.6 Å². The van der Waals surface area contributed by atoms with Gasteiger partial charge in [0.25, 0.3) is 5.91 Å². The van der Waals surface area contributed by atoms with Gasteiger partial charge in [0.15, 0.2) is 0 Å². The molecule has 4 rings (SSSR count). The fourth-order valence-electron chi connectivity index (χ4n) is 4.09. The molecule has 7 heteroatoms. The lowest BCUT2D eigenvalue weighted by Crippen LogP contribution is -2.51. The average molecular weight is 341 g/mol. The fraction of sp³-hybridized carbons (Fsp3) is 0.556. The Labute approximate surface area is 147 Å². The summed E-state index contributed by atoms with van der Waals surface area (Å²) in [5.74, 6) is 0.854. The van der Waals surface area contributed by atoms with E-state index in [1.807, 2.05) is 11.0 Å². The van der Waals surface area contributed by atoms with Crippen LogP contribution in [0.5, 0.6) is 0 Å². The normalized spacial score (nSPS) is 20.0. The third-order valence-corrected chi connectivity index (χ3v) is 5.59. The topological polar surface area (TPSA) is 75.4 Å². The van der Waals surface area contributed by atoms with Crippen molar-refractivity contribution in [3.8, 4) is 0 Å². The molecule has 0 N–H and O–H groups in total. The molecule has 2 aliphatic rings. The maximum atomic E-state index is 12.6. The molecule has 2 aromatic rings. The summed E-state index contributed by atoms with van der Waals surface area (Å²) < 4.78 is 4.91. The van der Waals surface area contributed by atoms with Crippen molar-refractivity contribution in [3.05, 3.63) is 36.0 Å². The van der Waals surface area contributed by atoms with Gasteiger partial charge in [0.05, 0.1) is 5.69 Å². The van der Waals surface area contributed by atoms with Gasteiger partial charge in [-0.3, -0.25) is 4.79 Å². The van der Waals surface area contributed by atoms with E-state index >= 15 is 0 Å². The summed E-state index contributed by atoms with van der Waals surface area (Å²) in [7, 11) is 0. The van der Waals surface area contributed by atoms with E-state index in [-0.39, 0.29) is 11.3 Å². The number of hydrogen-bond acceptors (Lipinski definition) is 6. The van der Waals surface area contributed by atoms with Crippen LogP contribution < -0.4 is 4.90 Å². The summed E-state index contributed by atoms with van der Waals surface area (Å²) in [4.78, 5) is 25.7. The van der Waals surface area contributed by atoms with Crippen molar-refractivity contribution in [3.63, 3.8) is 0 Å². The molecule has 0 radical (unpaired) electrons. The summed E-state index contributed by atoms with van der Waals surface area (Å²) in [5, 5.41) is 3.82. The van der Waals surface area contributed by atoms with Crippen molar-refractivity contribution in [1.82, 2.24) is 20.0 Å². The molecule has 25 heavy (non-hydrogen) atoms. The second-order valence-electron chi connectivity index (χ2n) is 7.18. The maximum absolute atomic E-state index is 12.6. The molecule has 2 saturated heterocycles. The molecule has 0 bridgehead atoms. The number of anilines is 1. The van der Waals surface area contributed by atoms with Crippen molar-refractivity contribution in [2.75, 3.05) is 31.1 Å². The number of rotatable bonds is 2. The molecule has 1 amide bonds. The Kier molecular flexibility index (Phi) is 4.15. The van der Waals surface area contributed by atoms with E-state index in [1.165, 1.54) is 12.7 Å². The molecule has 0 aliphatic carbocycles. The summed E-state index contributed by atoms with van der Waals surface area (Å²) in [6.45, 7) is 5.36. The second kappa shape index (κ2) is 6.46. The van der Waals surface area contributed by atoms with E-state index in [0.717, 1.165) is 51.4 Å². The number of hydrogen-bond donors (Lipinski definition) is 0. The van der Waals surface area contributed by atoms with Gasteiger partial charge < -0.3 is 14.3 Å². The molecule has 1 spiro atoms. The smallest absolute Gasteiger partial charge is 0.259 e. The number of carbonyl (C=O) groups excluding carboxylic acids is 1. The van der Waals surface area contributed by atoms with E-state index in [2.05, 4.69) is 20.0 Å². The van der Waals surface area contributed by atoms with Crippen molar-refractivity contribution in [2.24, 2.45) is 5.41 Å². The predicted molar refractivity (Wildman–Crippen MR) is 92.3 cm³/mol. The van der Waals surface area contributed by atoms with Crippen LogP contribution in [0.4, 0.5) is 5.95 Å². The summed E-state index contributed by atoms with van der Waals surface area (Å²) in [6.07, 6.45) is 9.45. The third-order valence-electron chi connectivity index (χ3n) is 5.59. The number of aryl methyl sites for hydroxylation is 1. The van der Waals surface area contributed by atoms with Gasteiger partial charge in [0.1, 0.15) is 11.8 Å².